The maximum Gasteiger partial charge on any atom is 0.247 e. The van der Waals surface area contributed by atoms with Crippen LogP contribution in [0.5, 0.6) is 0 Å². The lowest BCUT2D eigenvalue weighted by atomic mass is 9.81. The molecular weight excluding hydrogens is 680 g/mol. The monoisotopic (exact) mass is 722 g/mol. The minimum absolute atomic E-state index is 0. The van der Waals surface area contributed by atoms with Crippen LogP contribution in [0.15, 0.2) is 71.6 Å². The van der Waals surface area contributed by atoms with Crippen molar-refractivity contribution in [3.8, 4) is 22.5 Å². The molecule has 0 unspecified atom stereocenters. The third kappa shape index (κ3) is 8.74. The number of ether oxygens (including phenoxy) is 1. The van der Waals surface area contributed by atoms with Crippen molar-refractivity contribution < 1.29 is 22.7 Å². The Kier molecular flexibility index (Phi) is 12.4. The van der Waals surface area contributed by atoms with E-state index in [0.717, 1.165) is 53.5 Å². The first kappa shape index (κ1) is 37.1. The largest absolute Gasteiger partial charge is 0.379 e. The minimum atomic E-state index is -3.66. The molecule has 0 spiro atoms. The van der Waals surface area contributed by atoms with Gasteiger partial charge in [0.25, 0.3) is 0 Å². The molecule has 4 aromatic rings. The number of benzene rings is 3. The van der Waals surface area contributed by atoms with Gasteiger partial charge in [-0.3, -0.25) is 9.59 Å². The summed E-state index contributed by atoms with van der Waals surface area (Å²) < 4.78 is 33.5. The molecule has 2 heterocycles. The second-order valence-electron chi connectivity index (χ2n) is 12.7. The Labute approximate surface area is 298 Å². The van der Waals surface area contributed by atoms with E-state index in [-0.39, 0.29) is 41.5 Å². The number of hydrogen-bond acceptors (Lipinski definition) is 9. The third-order valence-electron chi connectivity index (χ3n) is 9.46. The fourth-order valence-corrected chi connectivity index (χ4v) is 7.87. The number of aromatic nitrogens is 4. The first-order valence-electron chi connectivity index (χ1n) is 16.6. The normalized spacial score (nSPS) is 18.8. The molecule has 1 atom stereocenters. The van der Waals surface area contributed by atoms with Gasteiger partial charge in [-0.05, 0) is 109 Å². The van der Waals surface area contributed by atoms with Crippen LogP contribution in [-0.2, 0) is 30.8 Å². The van der Waals surface area contributed by atoms with Crippen molar-refractivity contribution in [1.29, 1.82) is 0 Å². The fraction of sp³-hybridized carbons (Fsp3) is 0.400. The Bertz CT molecular complexity index is 1840. The molecule has 266 valence electrons. The highest BCUT2D eigenvalue weighted by Crippen LogP contribution is 2.30. The number of halogens is 1. The van der Waals surface area contributed by atoms with Crippen LogP contribution in [0.1, 0.15) is 36.8 Å². The number of nitrogens with zero attached hydrogens (tertiary/aromatic N) is 4. The van der Waals surface area contributed by atoms with Gasteiger partial charge in [0, 0.05) is 36.7 Å². The van der Waals surface area contributed by atoms with E-state index in [1.807, 2.05) is 37.3 Å². The van der Waals surface area contributed by atoms with E-state index in [4.69, 9.17) is 10.5 Å². The maximum absolute atomic E-state index is 13.7. The topological polar surface area (TPSA) is 185 Å². The molecule has 1 aliphatic heterocycles. The number of tetrazole rings is 1. The number of rotatable bonds is 11. The van der Waals surface area contributed by atoms with Crippen molar-refractivity contribution in [2.45, 2.75) is 50.0 Å². The zero-order chi connectivity index (χ0) is 34.4. The molecule has 6 rings (SSSR count). The highest BCUT2D eigenvalue weighted by atomic mass is 35.5. The standard InChI is InChI=1S/C35H42N8O5S.ClH/c1-23-2-15-30(49(46,47)43-16-18-48-19-17-43)21-31(23)26-7-3-24(4-8-26)20-32(38-34(44)28-9-5-25(22-36)6-10-28)35(45)37-29-13-11-27(12-14-29)33-39-41-42-40-33;/h2-4,7-8,11-15,21,25,28,32H,5-6,9-10,16-20,22,36H2,1H3,(H,37,45)(H,38,44)(H,39,40,41,42);1H/t25?,28?,32-;/m0./s1. The smallest absolute Gasteiger partial charge is 0.247 e. The number of morpholine rings is 1. The first-order valence-corrected chi connectivity index (χ1v) is 18.1. The summed E-state index contributed by atoms with van der Waals surface area (Å²) in [5, 5.41) is 20.0. The van der Waals surface area contributed by atoms with Gasteiger partial charge in [0.15, 0.2) is 0 Å². The van der Waals surface area contributed by atoms with Crippen molar-refractivity contribution in [2.75, 3.05) is 38.2 Å². The lowest BCUT2D eigenvalue weighted by Gasteiger charge is -2.28. The molecule has 15 heteroatoms. The molecule has 5 N–H and O–H groups in total. The summed E-state index contributed by atoms with van der Waals surface area (Å²) in [6.45, 7) is 3.97. The highest BCUT2D eigenvalue weighted by Gasteiger charge is 2.30. The van der Waals surface area contributed by atoms with Crippen LogP contribution < -0.4 is 16.4 Å². The molecule has 1 aromatic heterocycles. The van der Waals surface area contributed by atoms with Crippen LogP contribution >= 0.6 is 12.4 Å². The Morgan fingerprint density at radius 2 is 1.66 bits per heavy atom. The van der Waals surface area contributed by atoms with Crippen molar-refractivity contribution in [3.05, 3.63) is 77.9 Å². The van der Waals surface area contributed by atoms with Gasteiger partial charge in [-0.15, -0.1) is 22.6 Å². The number of amides is 2. The number of sulfonamides is 1. The molecule has 50 heavy (non-hydrogen) atoms. The molecule has 2 fully saturated rings. The van der Waals surface area contributed by atoms with Crippen LogP contribution in [0.4, 0.5) is 5.69 Å². The van der Waals surface area contributed by atoms with E-state index in [1.54, 1.807) is 36.4 Å². The van der Waals surface area contributed by atoms with Gasteiger partial charge in [0.05, 0.1) is 18.1 Å². The summed E-state index contributed by atoms with van der Waals surface area (Å²) >= 11 is 0. The average molecular weight is 723 g/mol. The van der Waals surface area contributed by atoms with Crippen molar-refractivity contribution in [3.63, 3.8) is 0 Å². The number of nitrogens with one attached hydrogen (secondary N) is 3. The van der Waals surface area contributed by atoms with E-state index in [9.17, 15) is 18.0 Å². The molecule has 1 saturated carbocycles. The molecule has 1 saturated heterocycles. The van der Waals surface area contributed by atoms with Crippen LogP contribution in [0, 0.1) is 18.8 Å². The van der Waals surface area contributed by atoms with Gasteiger partial charge in [0.2, 0.25) is 27.7 Å². The quantitative estimate of drug-likeness (QED) is 0.179. The number of carbonyl (C=O) groups is 2. The number of H-pyrrole nitrogens is 1. The molecular formula is C35H43ClN8O5S. The van der Waals surface area contributed by atoms with Gasteiger partial charge in [-0.2, -0.15) is 9.52 Å². The molecule has 13 nitrogen and oxygen atoms in total. The minimum Gasteiger partial charge on any atom is -0.379 e. The number of hydrogen-bond donors (Lipinski definition) is 4. The zero-order valence-electron chi connectivity index (χ0n) is 27.9. The number of carbonyl (C=O) groups excluding carboxylic acids is 2. The van der Waals surface area contributed by atoms with Gasteiger partial charge in [-0.25, -0.2) is 8.42 Å². The predicted octanol–water partition coefficient (Wildman–Crippen LogP) is 3.72. The summed E-state index contributed by atoms with van der Waals surface area (Å²) in [5.74, 6) is 0.238. The molecule has 0 radical (unpaired) electrons. The van der Waals surface area contributed by atoms with Crippen molar-refractivity contribution >= 4 is 39.9 Å². The second-order valence-corrected chi connectivity index (χ2v) is 14.6. The maximum atomic E-state index is 13.7. The van der Waals surface area contributed by atoms with Crippen molar-refractivity contribution in [2.24, 2.45) is 17.6 Å². The number of aromatic amines is 1. The molecule has 1 aliphatic carbocycles. The van der Waals surface area contributed by atoms with Gasteiger partial charge >= 0.3 is 0 Å². The average Bonchev–Trinajstić information content (AvgIpc) is 3.68. The molecule has 2 amide bonds. The van der Waals surface area contributed by atoms with Gasteiger partial charge in [0.1, 0.15) is 6.04 Å². The lowest BCUT2D eigenvalue weighted by Crippen LogP contribution is -2.48. The fourth-order valence-electron chi connectivity index (χ4n) is 6.44. The number of aryl methyl sites for hydroxylation is 1. The summed E-state index contributed by atoms with van der Waals surface area (Å²) in [5.41, 5.74) is 10.6. The predicted molar refractivity (Wildman–Crippen MR) is 192 cm³/mol. The van der Waals surface area contributed by atoms with Crippen LogP contribution in [0.25, 0.3) is 22.5 Å². The zero-order valence-corrected chi connectivity index (χ0v) is 29.5. The Balaban J connectivity index is 0.00000486. The third-order valence-corrected chi connectivity index (χ3v) is 11.4. The van der Waals surface area contributed by atoms with Gasteiger partial charge in [-0.1, -0.05) is 30.3 Å². The number of nitrogens with two attached hydrogens (primary N) is 1. The summed E-state index contributed by atoms with van der Waals surface area (Å²) in [6, 6.07) is 19.1. The van der Waals surface area contributed by atoms with Crippen molar-refractivity contribution in [1.82, 2.24) is 30.2 Å². The van der Waals surface area contributed by atoms with E-state index in [2.05, 4.69) is 31.3 Å². The first-order chi connectivity index (χ1) is 23.7. The lowest BCUT2D eigenvalue weighted by molar-refractivity contribution is -0.130. The molecule has 2 aliphatic rings. The Morgan fingerprint density at radius 1 is 0.980 bits per heavy atom. The SMILES string of the molecule is Cc1ccc(S(=O)(=O)N2CCOCC2)cc1-c1ccc(C[C@H](NC(=O)C2CCC(CN)CC2)C(=O)Nc2ccc(-c3nn[nH]n3)cc2)cc1.Cl. The molecule has 3 aromatic carbocycles. The second kappa shape index (κ2) is 16.7. The van der Waals surface area contributed by atoms with Crippen LogP contribution in [0.3, 0.4) is 0 Å². The van der Waals surface area contributed by atoms with E-state index >= 15 is 0 Å². The van der Waals surface area contributed by atoms with E-state index in [0.29, 0.717) is 50.3 Å². The summed E-state index contributed by atoms with van der Waals surface area (Å²) in [4.78, 5) is 27.4. The van der Waals surface area contributed by atoms with E-state index < -0.39 is 16.1 Å². The Hall–Kier alpha value is -4.21. The van der Waals surface area contributed by atoms with Crippen LogP contribution in [0.2, 0.25) is 0 Å². The molecule has 0 bridgehead atoms. The highest BCUT2D eigenvalue weighted by molar-refractivity contribution is 7.89. The Morgan fingerprint density at radius 3 is 2.30 bits per heavy atom. The van der Waals surface area contributed by atoms with E-state index in [1.165, 1.54) is 4.31 Å². The van der Waals surface area contributed by atoms with Gasteiger partial charge < -0.3 is 21.1 Å². The van der Waals surface area contributed by atoms with Crippen LogP contribution in [-0.4, -0.2) is 84.1 Å². The summed E-state index contributed by atoms with van der Waals surface area (Å²) in [6.07, 6.45) is 3.55. The summed E-state index contributed by atoms with van der Waals surface area (Å²) in [7, 11) is -3.66. The number of anilines is 1.